The molecule has 0 saturated heterocycles. The van der Waals surface area contributed by atoms with Gasteiger partial charge in [-0.1, -0.05) is 13.2 Å². The van der Waals surface area contributed by atoms with E-state index in [0.29, 0.717) is 6.42 Å². The van der Waals surface area contributed by atoms with Gasteiger partial charge >= 0.3 is 209 Å². The van der Waals surface area contributed by atoms with Crippen molar-refractivity contribution in [3.8, 4) is 0 Å². The number of carbonyl (C=O) groups is 6. The summed E-state index contributed by atoms with van der Waals surface area (Å²) in [6, 6.07) is 0. The molecule has 0 heterocycles. The fourth-order valence-corrected chi connectivity index (χ4v) is 3.52. The molecule has 0 aromatic rings. The van der Waals surface area contributed by atoms with Gasteiger partial charge in [-0.3, -0.25) is 0 Å². The average molecular weight is 700 g/mol. The molecule has 0 spiro atoms. The van der Waals surface area contributed by atoms with Crippen molar-refractivity contribution in [3.63, 3.8) is 0 Å². The minimum atomic E-state index is -1.06. The van der Waals surface area contributed by atoms with Gasteiger partial charge in [-0.15, -0.1) is 0 Å². The van der Waals surface area contributed by atoms with Gasteiger partial charge in [0.2, 0.25) is 0 Å². The maximum absolute atomic E-state index is 12.5. The monoisotopic (exact) mass is 702 g/mol. The van der Waals surface area contributed by atoms with Gasteiger partial charge in [0.1, 0.15) is 0 Å². The van der Waals surface area contributed by atoms with Crippen LogP contribution in [0.4, 0.5) is 0 Å². The van der Waals surface area contributed by atoms with Gasteiger partial charge in [-0.2, -0.15) is 0 Å². The van der Waals surface area contributed by atoms with E-state index < -0.39 is 51.2 Å². The number of carbonyl (C=O) groups excluding carboxylic acids is 6. The molecule has 0 bridgehead atoms. The summed E-state index contributed by atoms with van der Waals surface area (Å²) in [4.78, 5) is 70.9. The molecule has 0 amide bonds. The summed E-state index contributed by atoms with van der Waals surface area (Å²) >= 11 is 4.36. The van der Waals surface area contributed by atoms with E-state index >= 15 is 0 Å². The van der Waals surface area contributed by atoms with Crippen LogP contribution in [0, 0.1) is 0 Å². The molecule has 40 heavy (non-hydrogen) atoms. The van der Waals surface area contributed by atoms with Crippen LogP contribution in [0.15, 0.2) is 24.3 Å². The van der Waals surface area contributed by atoms with Gasteiger partial charge in [0.25, 0.3) is 0 Å². The second kappa shape index (κ2) is 19.4. The van der Waals surface area contributed by atoms with Gasteiger partial charge < -0.3 is 4.74 Å². The van der Waals surface area contributed by atoms with E-state index in [1.807, 2.05) is 0 Å². The van der Waals surface area contributed by atoms with E-state index in [0.717, 1.165) is 0 Å². The van der Waals surface area contributed by atoms with Crippen LogP contribution in [0.2, 0.25) is 3.21 Å². The molecule has 0 radical (unpaired) electrons. The molecule has 0 N–H and O–H groups in total. The van der Waals surface area contributed by atoms with E-state index in [1.165, 1.54) is 27.7 Å². The molecule has 0 aliphatic carbocycles. The Kier molecular flexibility index (Phi) is 18.1. The van der Waals surface area contributed by atoms with Gasteiger partial charge in [0, 0.05) is 5.57 Å². The van der Waals surface area contributed by atoms with E-state index in [4.69, 9.17) is 28.4 Å². The quantitative estimate of drug-likeness (QED) is 0.0621. The Balaban J connectivity index is 4.24. The second-order valence-corrected chi connectivity index (χ2v) is 13.7. The number of esters is 6. The zero-order valence-corrected chi connectivity index (χ0v) is 27.0. The Bertz CT molecular complexity index is 944. The van der Waals surface area contributed by atoms with Crippen LogP contribution in [0.25, 0.3) is 0 Å². The third-order valence-corrected chi connectivity index (χ3v) is 6.34. The van der Waals surface area contributed by atoms with Crippen LogP contribution >= 0.6 is 0 Å². The van der Waals surface area contributed by atoms with E-state index in [9.17, 15) is 28.8 Å². The first-order valence-corrected chi connectivity index (χ1v) is 14.2. The summed E-state index contributed by atoms with van der Waals surface area (Å²) in [7, 11) is 0. The third-order valence-electron chi connectivity index (χ3n) is 4.64. The standard InChI is InChI=1S/C26H38O12Se2/c1-16(2)23(30)35-12-10-33-21(28)14-18(5)37-20(27)8-7-9-26(39,40)25(32)38-19(6)15-22(29)34-11-13-36-24(31)17(3)4/h18-19,39-40H,1,3,7-15H2,2,4-6H3. The Labute approximate surface area is 250 Å². The molecule has 2 unspecified atom stereocenters. The number of rotatable bonds is 19. The van der Waals surface area contributed by atoms with Gasteiger partial charge in [0.05, 0.1) is 0 Å². The zero-order valence-electron chi connectivity index (χ0n) is 23.2. The second-order valence-electron chi connectivity index (χ2n) is 8.87. The molecule has 226 valence electrons. The summed E-state index contributed by atoms with van der Waals surface area (Å²) < 4.78 is 29.0. The molecule has 0 aromatic heterocycles. The van der Waals surface area contributed by atoms with E-state index in [2.05, 4.69) is 45.2 Å². The van der Waals surface area contributed by atoms with Crippen molar-refractivity contribution in [3.05, 3.63) is 24.3 Å². The molecule has 12 nitrogen and oxygen atoms in total. The topological polar surface area (TPSA) is 158 Å². The van der Waals surface area contributed by atoms with E-state index in [-0.39, 0.29) is 63.3 Å². The molecule has 2 atom stereocenters. The molecule has 0 aliphatic rings. The summed E-state index contributed by atoms with van der Waals surface area (Å²) in [5.74, 6) is -3.56. The average Bonchev–Trinajstić information content (AvgIpc) is 2.83. The number of hydrogen-bond donors (Lipinski definition) is 0. The predicted molar refractivity (Wildman–Crippen MR) is 145 cm³/mol. The van der Waals surface area contributed by atoms with Crippen molar-refractivity contribution in [2.24, 2.45) is 0 Å². The molecule has 0 saturated carbocycles. The molecule has 0 aliphatic heterocycles. The summed E-state index contributed by atoms with van der Waals surface area (Å²) in [5.41, 5.74) is 0.462. The Morgan fingerprint density at radius 1 is 0.675 bits per heavy atom. The van der Waals surface area contributed by atoms with Crippen molar-refractivity contribution >= 4 is 67.8 Å². The first kappa shape index (κ1) is 37.3. The van der Waals surface area contributed by atoms with Crippen LogP contribution in [0.5, 0.6) is 0 Å². The molecular formula is C26H38O12Se2. The fourth-order valence-electron chi connectivity index (χ4n) is 2.64. The zero-order chi connectivity index (χ0) is 30.9. The minimum absolute atomic E-state index is 0.00136. The summed E-state index contributed by atoms with van der Waals surface area (Å²) in [6.45, 7) is 12.4. The Morgan fingerprint density at radius 2 is 1.07 bits per heavy atom. The SMILES string of the molecule is C=C(C)C(=O)OCCOC(=O)CC(C)OC(=O)CCCC([SeH])([SeH])C(=O)OC(C)CC(=O)OCCOC(=O)C(=C)C. The molecular weight excluding hydrogens is 662 g/mol. The van der Waals surface area contributed by atoms with Crippen molar-refractivity contribution in [2.45, 2.75) is 75.2 Å². The van der Waals surface area contributed by atoms with Crippen molar-refractivity contribution in [1.29, 1.82) is 0 Å². The van der Waals surface area contributed by atoms with Gasteiger partial charge in [-0.05, 0) is 13.8 Å². The summed E-state index contributed by atoms with van der Waals surface area (Å²) in [6.07, 6.45) is -1.32. The van der Waals surface area contributed by atoms with Crippen LogP contribution in [-0.4, -0.2) is 106 Å². The van der Waals surface area contributed by atoms with Crippen molar-refractivity contribution in [1.82, 2.24) is 0 Å². The molecule has 14 heteroatoms. The van der Waals surface area contributed by atoms with Crippen molar-refractivity contribution < 1.29 is 57.2 Å². The Hall–Kier alpha value is -2.66. The van der Waals surface area contributed by atoms with Crippen LogP contribution in [0.3, 0.4) is 0 Å². The smallest absolute Gasteiger partial charge is 0.0889 e. The van der Waals surface area contributed by atoms with Crippen LogP contribution < -0.4 is 0 Å². The maximum atomic E-state index is 12.5. The van der Waals surface area contributed by atoms with Crippen LogP contribution in [-0.2, 0) is 57.2 Å². The normalized spacial score (nSPS) is 12.2. The number of ether oxygens (including phenoxy) is 6. The third kappa shape index (κ3) is 17.8. The van der Waals surface area contributed by atoms with E-state index in [1.54, 1.807) is 0 Å². The minimum Gasteiger partial charge on any atom is -0.0889 e. The van der Waals surface area contributed by atoms with Crippen LogP contribution in [0.1, 0.15) is 59.8 Å². The first-order chi connectivity index (χ1) is 18.5. The summed E-state index contributed by atoms with van der Waals surface area (Å²) in [5, 5.41) is 0. The predicted octanol–water partition coefficient (Wildman–Crippen LogP) is 1.04. The number of hydrogen-bond acceptors (Lipinski definition) is 12. The van der Waals surface area contributed by atoms with Crippen molar-refractivity contribution in [2.75, 3.05) is 26.4 Å². The fraction of sp³-hybridized carbons (Fsp3) is 0.615. The molecule has 0 rings (SSSR count). The van der Waals surface area contributed by atoms with Gasteiger partial charge in [-0.25, -0.2) is 4.79 Å². The first-order valence-electron chi connectivity index (χ1n) is 12.4. The molecule has 0 aromatic carbocycles. The molecule has 0 fully saturated rings. The van der Waals surface area contributed by atoms with Gasteiger partial charge in [0.15, 0.2) is 0 Å². The Morgan fingerprint density at radius 3 is 1.50 bits per heavy atom.